The van der Waals surface area contributed by atoms with Crippen molar-refractivity contribution in [2.45, 2.75) is 381 Å². The van der Waals surface area contributed by atoms with Crippen LogP contribution in [0.1, 0.15) is 363 Å². The van der Waals surface area contributed by atoms with Crippen LogP contribution in [0.5, 0.6) is 0 Å². The van der Waals surface area contributed by atoms with E-state index in [0.29, 0.717) is 25.7 Å². The Balaban J connectivity index is 5.26. The van der Waals surface area contributed by atoms with Gasteiger partial charge in [-0.05, 0) is 43.4 Å². The number of carbonyl (C=O) groups is 4. The summed E-state index contributed by atoms with van der Waals surface area (Å²) in [5.41, 5.74) is 0. The maximum atomic E-state index is 13.0. The molecule has 91 heavy (non-hydrogen) atoms. The van der Waals surface area contributed by atoms with Crippen LogP contribution in [0.3, 0.4) is 0 Å². The molecule has 0 aromatic carbocycles. The highest BCUT2D eigenvalue weighted by Crippen LogP contribution is 2.45. The second-order valence-electron chi connectivity index (χ2n) is 27.4. The maximum Gasteiger partial charge on any atom is 0.472 e. The molecule has 0 bridgehead atoms. The molecule has 0 aliphatic heterocycles. The Hall–Kier alpha value is -1.94. The fraction of sp³-hybridized carbons (Fsp3) is 0.944. The third kappa shape index (κ3) is 66.5. The van der Waals surface area contributed by atoms with Gasteiger partial charge in [-0.3, -0.25) is 37.3 Å². The standard InChI is InChI=1S/C72H140O17P2/c1-8-9-10-11-12-13-14-15-16-17-20-24-34-41-48-55-71(76)88-67(59-82-69(74)53-46-39-32-23-21-18-19-22-29-36-43-50-63(2)3)61-86-90(78,79)84-57-66(73)58-85-91(80,81)87-62-68(89-72(77)56-49-42-35-28-26-31-38-45-52-65(6)7)60-83-70(75)54-47-40-33-27-25-30-37-44-51-64(4)5/h63-68,73H,8-62H2,1-7H3,(H,78,79)(H,80,81)/t66-,67-,68-/m1/s1. The first-order chi connectivity index (χ1) is 43.7. The van der Waals surface area contributed by atoms with E-state index < -0.39 is 97.5 Å². The van der Waals surface area contributed by atoms with Crippen molar-refractivity contribution in [3.63, 3.8) is 0 Å². The monoisotopic (exact) mass is 1340 g/mol. The Morgan fingerprint density at radius 3 is 0.747 bits per heavy atom. The Bertz CT molecular complexity index is 1780. The molecule has 0 aliphatic carbocycles. The number of esters is 4. The molecule has 0 heterocycles. The molecule has 19 heteroatoms. The van der Waals surface area contributed by atoms with Crippen LogP contribution >= 0.6 is 15.6 Å². The van der Waals surface area contributed by atoms with Crippen molar-refractivity contribution in [1.82, 2.24) is 0 Å². The lowest BCUT2D eigenvalue weighted by atomic mass is 10.0. The van der Waals surface area contributed by atoms with E-state index in [9.17, 15) is 43.2 Å². The van der Waals surface area contributed by atoms with E-state index in [0.717, 1.165) is 108 Å². The predicted octanol–water partition coefficient (Wildman–Crippen LogP) is 20.6. The number of ether oxygens (including phenoxy) is 4. The quantitative estimate of drug-likeness (QED) is 0.0222. The summed E-state index contributed by atoms with van der Waals surface area (Å²) in [6.45, 7) is 11.8. The van der Waals surface area contributed by atoms with Gasteiger partial charge in [-0.2, -0.15) is 0 Å². The van der Waals surface area contributed by atoms with Crippen LogP contribution in [0.2, 0.25) is 0 Å². The normalized spacial score (nSPS) is 14.2. The Kier molecular flexibility index (Phi) is 61.5. The van der Waals surface area contributed by atoms with E-state index in [1.807, 2.05) is 0 Å². The van der Waals surface area contributed by atoms with Crippen LogP contribution in [0.25, 0.3) is 0 Å². The molecule has 0 aromatic rings. The lowest BCUT2D eigenvalue weighted by molar-refractivity contribution is -0.161. The van der Waals surface area contributed by atoms with Gasteiger partial charge in [-0.15, -0.1) is 0 Å². The van der Waals surface area contributed by atoms with Crippen molar-refractivity contribution in [1.29, 1.82) is 0 Å². The van der Waals surface area contributed by atoms with Gasteiger partial charge < -0.3 is 33.8 Å². The van der Waals surface area contributed by atoms with Crippen molar-refractivity contribution in [2.75, 3.05) is 39.6 Å². The predicted molar refractivity (Wildman–Crippen MR) is 368 cm³/mol. The molecule has 17 nitrogen and oxygen atoms in total. The first-order valence-electron chi connectivity index (χ1n) is 37.3. The van der Waals surface area contributed by atoms with Gasteiger partial charge in [0.1, 0.15) is 19.3 Å². The van der Waals surface area contributed by atoms with E-state index in [1.165, 1.54) is 173 Å². The van der Waals surface area contributed by atoms with Crippen molar-refractivity contribution in [2.24, 2.45) is 17.8 Å². The first kappa shape index (κ1) is 89.1. The molecule has 540 valence electrons. The largest absolute Gasteiger partial charge is 0.472 e. The number of aliphatic hydroxyl groups excluding tert-OH is 1. The average Bonchev–Trinajstić information content (AvgIpc) is 3.55. The van der Waals surface area contributed by atoms with Gasteiger partial charge in [0.25, 0.3) is 0 Å². The summed E-state index contributed by atoms with van der Waals surface area (Å²) in [6, 6.07) is 0. The van der Waals surface area contributed by atoms with Crippen LogP contribution in [0, 0.1) is 17.8 Å². The number of hydrogen-bond acceptors (Lipinski definition) is 15. The van der Waals surface area contributed by atoms with Crippen LogP contribution in [-0.4, -0.2) is 96.7 Å². The van der Waals surface area contributed by atoms with Crippen LogP contribution < -0.4 is 0 Å². The molecule has 0 amide bonds. The molecule has 2 unspecified atom stereocenters. The van der Waals surface area contributed by atoms with Crippen LogP contribution in [-0.2, 0) is 65.4 Å². The zero-order valence-electron chi connectivity index (χ0n) is 59.3. The lowest BCUT2D eigenvalue weighted by Gasteiger charge is -2.21. The smallest absolute Gasteiger partial charge is 0.462 e. The van der Waals surface area contributed by atoms with Gasteiger partial charge in [0, 0.05) is 25.7 Å². The minimum Gasteiger partial charge on any atom is -0.462 e. The molecule has 0 aromatic heterocycles. The Morgan fingerprint density at radius 2 is 0.505 bits per heavy atom. The van der Waals surface area contributed by atoms with Crippen molar-refractivity contribution < 1.29 is 80.2 Å². The topological polar surface area (TPSA) is 237 Å². The highest BCUT2D eigenvalue weighted by molar-refractivity contribution is 7.47. The Labute approximate surface area is 556 Å². The first-order valence-corrected chi connectivity index (χ1v) is 40.3. The van der Waals surface area contributed by atoms with Crippen molar-refractivity contribution >= 4 is 39.5 Å². The highest BCUT2D eigenvalue weighted by Gasteiger charge is 2.30. The molecule has 0 saturated carbocycles. The molecule has 0 aliphatic rings. The van der Waals surface area contributed by atoms with Crippen LogP contribution in [0.4, 0.5) is 0 Å². The number of unbranched alkanes of at least 4 members (excludes halogenated alkanes) is 38. The SMILES string of the molecule is CCCCCCCCCCCCCCCCCC(=O)O[C@H](COC(=O)CCCCCCCCCCCCCC(C)C)COP(=O)(O)OC[C@@H](O)COP(=O)(O)OC[C@@H](COC(=O)CCCCCCCCCCC(C)C)OC(=O)CCCCCCCCCCC(C)C. The number of phosphoric ester groups is 2. The number of hydrogen-bond donors (Lipinski definition) is 3. The second-order valence-corrected chi connectivity index (χ2v) is 30.3. The van der Waals surface area contributed by atoms with E-state index in [1.54, 1.807) is 0 Å². The lowest BCUT2D eigenvalue weighted by Crippen LogP contribution is -2.30. The summed E-state index contributed by atoms with van der Waals surface area (Å²) >= 11 is 0. The molecule has 0 spiro atoms. The van der Waals surface area contributed by atoms with Crippen molar-refractivity contribution in [3.05, 3.63) is 0 Å². The molecular formula is C72H140O17P2. The van der Waals surface area contributed by atoms with Gasteiger partial charge in [-0.1, -0.05) is 312 Å². The van der Waals surface area contributed by atoms with E-state index in [2.05, 4.69) is 48.5 Å². The Morgan fingerprint density at radius 1 is 0.297 bits per heavy atom. The summed E-state index contributed by atoms with van der Waals surface area (Å²) in [6.07, 6.45) is 47.2. The second kappa shape index (κ2) is 62.8. The van der Waals surface area contributed by atoms with E-state index >= 15 is 0 Å². The number of carbonyl (C=O) groups excluding carboxylic acids is 4. The average molecular weight is 1340 g/mol. The zero-order chi connectivity index (χ0) is 67.3. The molecule has 0 rings (SSSR count). The molecule has 0 radical (unpaired) electrons. The summed E-state index contributed by atoms with van der Waals surface area (Å²) < 4.78 is 68.4. The zero-order valence-corrected chi connectivity index (χ0v) is 61.1. The third-order valence-corrected chi connectivity index (χ3v) is 18.5. The molecule has 3 N–H and O–H groups in total. The van der Waals surface area contributed by atoms with Gasteiger partial charge >= 0.3 is 39.5 Å². The minimum atomic E-state index is -4.95. The molecule has 0 saturated heterocycles. The minimum absolute atomic E-state index is 0.104. The number of aliphatic hydroxyl groups is 1. The van der Waals surface area contributed by atoms with E-state index in [4.69, 9.17) is 37.0 Å². The van der Waals surface area contributed by atoms with Gasteiger partial charge in [0.05, 0.1) is 26.4 Å². The van der Waals surface area contributed by atoms with Gasteiger partial charge in [0.15, 0.2) is 12.2 Å². The van der Waals surface area contributed by atoms with Crippen LogP contribution in [0.15, 0.2) is 0 Å². The summed E-state index contributed by atoms with van der Waals surface area (Å²) in [5, 5.41) is 10.6. The van der Waals surface area contributed by atoms with E-state index in [-0.39, 0.29) is 25.7 Å². The number of rotatable bonds is 70. The van der Waals surface area contributed by atoms with Gasteiger partial charge in [0.2, 0.25) is 0 Å². The summed E-state index contributed by atoms with van der Waals surface area (Å²) in [4.78, 5) is 72.6. The molecule has 0 fully saturated rings. The third-order valence-electron chi connectivity index (χ3n) is 16.6. The number of phosphoric acid groups is 2. The fourth-order valence-corrected chi connectivity index (χ4v) is 12.5. The molecule has 5 atom stereocenters. The highest BCUT2D eigenvalue weighted by atomic mass is 31.2. The molecular weight excluding hydrogens is 1200 g/mol. The summed E-state index contributed by atoms with van der Waals surface area (Å²) in [7, 11) is -9.90. The fourth-order valence-electron chi connectivity index (χ4n) is 10.9. The summed E-state index contributed by atoms with van der Waals surface area (Å²) in [5.74, 6) is 0.0916. The van der Waals surface area contributed by atoms with Gasteiger partial charge in [-0.25, -0.2) is 9.13 Å². The van der Waals surface area contributed by atoms with Crippen molar-refractivity contribution in [3.8, 4) is 0 Å². The maximum absolute atomic E-state index is 13.0.